The van der Waals surface area contributed by atoms with E-state index in [4.69, 9.17) is 16.3 Å². The molecule has 1 aliphatic heterocycles. The SMILES string of the molecule is Cn1c(CO)nc2c(C3CNCCO3)nc(Cl)nc21. The van der Waals surface area contributed by atoms with Gasteiger partial charge in [-0.15, -0.1) is 0 Å². The Hall–Kier alpha value is -1.28. The second-order valence-electron chi connectivity index (χ2n) is 4.36. The van der Waals surface area contributed by atoms with Crippen LogP contribution < -0.4 is 5.32 Å². The van der Waals surface area contributed by atoms with E-state index in [1.165, 1.54) is 0 Å². The fourth-order valence-electron chi connectivity index (χ4n) is 2.21. The van der Waals surface area contributed by atoms with E-state index >= 15 is 0 Å². The third-order valence-electron chi connectivity index (χ3n) is 3.19. The molecule has 1 unspecified atom stereocenters. The van der Waals surface area contributed by atoms with Gasteiger partial charge in [0.2, 0.25) is 5.28 Å². The van der Waals surface area contributed by atoms with E-state index in [-0.39, 0.29) is 18.0 Å². The van der Waals surface area contributed by atoms with Crippen molar-refractivity contribution in [1.29, 1.82) is 0 Å². The normalized spacial score (nSPS) is 20.1. The predicted molar refractivity (Wildman–Crippen MR) is 68.8 cm³/mol. The van der Waals surface area contributed by atoms with Crippen LogP contribution >= 0.6 is 11.6 Å². The van der Waals surface area contributed by atoms with Crippen LogP contribution in [-0.4, -0.2) is 44.3 Å². The highest BCUT2D eigenvalue weighted by Crippen LogP contribution is 2.26. The van der Waals surface area contributed by atoms with Crippen LogP contribution in [0.15, 0.2) is 0 Å². The maximum atomic E-state index is 9.28. The topological polar surface area (TPSA) is 85.1 Å². The summed E-state index contributed by atoms with van der Waals surface area (Å²) >= 11 is 5.97. The van der Waals surface area contributed by atoms with Gasteiger partial charge in [-0.2, -0.15) is 4.98 Å². The number of fused-ring (bicyclic) bond motifs is 1. The number of rotatable bonds is 2. The summed E-state index contributed by atoms with van der Waals surface area (Å²) < 4.78 is 7.40. The van der Waals surface area contributed by atoms with Gasteiger partial charge in [0.25, 0.3) is 0 Å². The molecule has 1 aliphatic rings. The number of hydrogen-bond acceptors (Lipinski definition) is 6. The molecule has 2 N–H and O–H groups in total. The highest BCUT2D eigenvalue weighted by Gasteiger charge is 2.24. The van der Waals surface area contributed by atoms with Crippen molar-refractivity contribution in [3.63, 3.8) is 0 Å². The van der Waals surface area contributed by atoms with Crippen molar-refractivity contribution in [3.8, 4) is 0 Å². The molecule has 0 spiro atoms. The molecule has 102 valence electrons. The van der Waals surface area contributed by atoms with Crippen LogP contribution in [0.3, 0.4) is 0 Å². The van der Waals surface area contributed by atoms with Gasteiger partial charge in [0.1, 0.15) is 29.7 Å². The minimum Gasteiger partial charge on any atom is -0.388 e. The molecule has 2 aromatic rings. The largest absolute Gasteiger partial charge is 0.388 e. The van der Waals surface area contributed by atoms with Crippen molar-refractivity contribution in [1.82, 2.24) is 24.8 Å². The lowest BCUT2D eigenvalue weighted by atomic mass is 10.2. The van der Waals surface area contributed by atoms with Crippen molar-refractivity contribution in [2.75, 3.05) is 19.7 Å². The van der Waals surface area contributed by atoms with Gasteiger partial charge in [0.15, 0.2) is 5.65 Å². The van der Waals surface area contributed by atoms with Crippen molar-refractivity contribution in [2.45, 2.75) is 12.7 Å². The average Bonchev–Trinajstić information content (AvgIpc) is 2.76. The van der Waals surface area contributed by atoms with Gasteiger partial charge in [0, 0.05) is 20.1 Å². The first kappa shape index (κ1) is 12.7. The molecule has 0 radical (unpaired) electrons. The summed E-state index contributed by atoms with van der Waals surface area (Å²) in [5.74, 6) is 0.525. The van der Waals surface area contributed by atoms with Gasteiger partial charge >= 0.3 is 0 Å². The molecule has 1 saturated heterocycles. The summed E-state index contributed by atoms with van der Waals surface area (Å²) in [6, 6.07) is 0. The van der Waals surface area contributed by atoms with Gasteiger partial charge in [0.05, 0.1) is 6.61 Å². The lowest BCUT2D eigenvalue weighted by Crippen LogP contribution is -2.34. The van der Waals surface area contributed by atoms with Gasteiger partial charge in [-0.3, -0.25) is 0 Å². The Balaban J connectivity index is 2.17. The molecule has 0 saturated carbocycles. The van der Waals surface area contributed by atoms with Crippen LogP contribution in [0.4, 0.5) is 0 Å². The Labute approximate surface area is 114 Å². The number of aliphatic hydroxyl groups is 1. The van der Waals surface area contributed by atoms with Crippen LogP contribution in [0, 0.1) is 0 Å². The van der Waals surface area contributed by atoms with Crippen molar-refractivity contribution >= 4 is 22.8 Å². The van der Waals surface area contributed by atoms with E-state index in [0.717, 1.165) is 6.54 Å². The molecular weight excluding hydrogens is 270 g/mol. The Bertz CT molecular complexity index is 609. The third kappa shape index (κ3) is 2.18. The number of morpholine rings is 1. The van der Waals surface area contributed by atoms with E-state index in [1.54, 1.807) is 11.6 Å². The quantitative estimate of drug-likeness (QED) is 0.764. The fourth-order valence-corrected chi connectivity index (χ4v) is 2.38. The molecule has 3 heterocycles. The van der Waals surface area contributed by atoms with Gasteiger partial charge in [-0.25, -0.2) is 9.97 Å². The number of halogens is 1. The predicted octanol–water partition coefficient (Wildman–Crippen LogP) is 0.170. The second kappa shape index (κ2) is 5.01. The molecule has 1 atom stereocenters. The molecular formula is C11H14ClN5O2. The van der Waals surface area contributed by atoms with Crippen molar-refractivity contribution in [2.24, 2.45) is 7.05 Å². The van der Waals surface area contributed by atoms with E-state index < -0.39 is 0 Å². The second-order valence-corrected chi connectivity index (χ2v) is 4.70. The van der Waals surface area contributed by atoms with Crippen LogP contribution in [-0.2, 0) is 18.4 Å². The zero-order chi connectivity index (χ0) is 13.4. The highest BCUT2D eigenvalue weighted by molar-refractivity contribution is 6.28. The van der Waals surface area contributed by atoms with Gasteiger partial charge in [-0.1, -0.05) is 0 Å². The average molecular weight is 284 g/mol. The van der Waals surface area contributed by atoms with Gasteiger partial charge in [-0.05, 0) is 11.6 Å². The van der Waals surface area contributed by atoms with Crippen LogP contribution in [0.25, 0.3) is 11.2 Å². The summed E-state index contributed by atoms with van der Waals surface area (Å²) in [6.45, 7) is 1.94. The molecule has 19 heavy (non-hydrogen) atoms. The molecule has 0 bridgehead atoms. The highest BCUT2D eigenvalue weighted by atomic mass is 35.5. The Morgan fingerprint density at radius 1 is 1.47 bits per heavy atom. The van der Waals surface area contributed by atoms with Crippen LogP contribution in [0.2, 0.25) is 5.28 Å². The molecule has 2 aromatic heterocycles. The first-order chi connectivity index (χ1) is 9.20. The number of hydrogen-bond donors (Lipinski definition) is 2. The molecule has 7 nitrogen and oxygen atoms in total. The molecule has 0 amide bonds. The lowest BCUT2D eigenvalue weighted by Gasteiger charge is -2.23. The zero-order valence-electron chi connectivity index (χ0n) is 10.4. The van der Waals surface area contributed by atoms with E-state index in [1.807, 2.05) is 0 Å². The minimum atomic E-state index is -0.196. The van der Waals surface area contributed by atoms with Crippen molar-refractivity contribution in [3.05, 3.63) is 16.8 Å². The number of nitrogens with one attached hydrogen (secondary N) is 1. The Morgan fingerprint density at radius 3 is 3.00 bits per heavy atom. The Morgan fingerprint density at radius 2 is 2.32 bits per heavy atom. The number of imidazole rings is 1. The zero-order valence-corrected chi connectivity index (χ0v) is 11.2. The molecule has 1 fully saturated rings. The summed E-state index contributed by atoms with van der Waals surface area (Å²) in [6.07, 6.45) is -0.196. The molecule has 0 aliphatic carbocycles. The van der Waals surface area contributed by atoms with E-state index in [9.17, 15) is 5.11 Å². The number of aryl methyl sites for hydroxylation is 1. The van der Waals surface area contributed by atoms with E-state index in [0.29, 0.717) is 35.8 Å². The Kier molecular flexibility index (Phi) is 3.36. The first-order valence-electron chi connectivity index (χ1n) is 6.02. The number of nitrogens with zero attached hydrogens (tertiary/aromatic N) is 4. The summed E-state index contributed by atoms with van der Waals surface area (Å²) in [5, 5.41) is 12.7. The maximum Gasteiger partial charge on any atom is 0.224 e. The lowest BCUT2D eigenvalue weighted by molar-refractivity contribution is 0.0258. The molecule has 8 heteroatoms. The molecule has 0 aromatic carbocycles. The standard InChI is InChI=1S/C11H14ClN5O2/c1-17-7(5-18)14-9-8(6-4-13-2-3-19-6)15-11(12)16-10(9)17/h6,13,18H,2-5H2,1H3. The van der Waals surface area contributed by atoms with Crippen molar-refractivity contribution < 1.29 is 9.84 Å². The van der Waals surface area contributed by atoms with Gasteiger partial charge < -0.3 is 19.7 Å². The number of ether oxygens (including phenoxy) is 1. The van der Waals surface area contributed by atoms with Crippen LogP contribution in [0.5, 0.6) is 0 Å². The van der Waals surface area contributed by atoms with E-state index in [2.05, 4.69) is 20.3 Å². The summed E-state index contributed by atoms with van der Waals surface area (Å²) in [5.41, 5.74) is 1.90. The molecule has 3 rings (SSSR count). The summed E-state index contributed by atoms with van der Waals surface area (Å²) in [4.78, 5) is 12.8. The summed E-state index contributed by atoms with van der Waals surface area (Å²) in [7, 11) is 1.79. The smallest absolute Gasteiger partial charge is 0.224 e. The maximum absolute atomic E-state index is 9.28. The number of aromatic nitrogens is 4. The monoisotopic (exact) mass is 283 g/mol. The van der Waals surface area contributed by atoms with Crippen LogP contribution in [0.1, 0.15) is 17.6 Å². The minimum absolute atomic E-state index is 0.157. The third-order valence-corrected chi connectivity index (χ3v) is 3.35. The first-order valence-corrected chi connectivity index (χ1v) is 6.40. The number of aliphatic hydroxyl groups excluding tert-OH is 1. The fraction of sp³-hybridized carbons (Fsp3) is 0.545.